The highest BCUT2D eigenvalue weighted by Gasteiger charge is 2.35. The van der Waals surface area contributed by atoms with Crippen LogP contribution in [0.5, 0.6) is 11.5 Å². The molecule has 0 bridgehead atoms. The minimum Gasteiger partial charge on any atom is -0.454 e. The van der Waals surface area contributed by atoms with E-state index in [-0.39, 0.29) is 12.8 Å². The molecule has 7 heteroatoms. The Morgan fingerprint density at radius 3 is 2.58 bits per heavy atom. The van der Waals surface area contributed by atoms with Crippen molar-refractivity contribution in [3.63, 3.8) is 0 Å². The number of fused-ring (bicyclic) bond motifs is 1. The molecule has 124 valence electrons. The lowest BCUT2D eigenvalue weighted by Gasteiger charge is -2.21. The summed E-state index contributed by atoms with van der Waals surface area (Å²) in [6.07, 6.45) is 1.68. The molecule has 4 rings (SSSR count). The van der Waals surface area contributed by atoms with E-state index in [1.807, 2.05) is 42.5 Å². The van der Waals surface area contributed by atoms with Crippen molar-refractivity contribution in [3.8, 4) is 11.5 Å². The van der Waals surface area contributed by atoms with Crippen LogP contribution in [0.4, 0.5) is 0 Å². The number of hydrogen-bond donors (Lipinski definition) is 0. The first-order valence-corrected chi connectivity index (χ1v) is 9.39. The predicted octanol–water partition coefficient (Wildman–Crippen LogP) is 2.53. The van der Waals surface area contributed by atoms with Gasteiger partial charge in [-0.05, 0) is 23.3 Å². The van der Waals surface area contributed by atoms with Gasteiger partial charge >= 0.3 is 0 Å². The van der Waals surface area contributed by atoms with E-state index in [2.05, 4.69) is 5.10 Å². The van der Waals surface area contributed by atoms with Gasteiger partial charge in [0.2, 0.25) is 16.8 Å². The van der Waals surface area contributed by atoms with Gasteiger partial charge in [-0.2, -0.15) is 9.52 Å². The Hall–Kier alpha value is -2.54. The van der Waals surface area contributed by atoms with Crippen molar-refractivity contribution in [3.05, 3.63) is 59.7 Å². The molecule has 0 saturated heterocycles. The van der Waals surface area contributed by atoms with Gasteiger partial charge < -0.3 is 9.47 Å². The molecule has 6 nitrogen and oxygen atoms in total. The van der Waals surface area contributed by atoms with Crippen molar-refractivity contribution in [1.29, 1.82) is 0 Å². The van der Waals surface area contributed by atoms with E-state index in [1.165, 1.54) is 10.7 Å². The normalized spacial score (nSPS) is 19.5. The molecule has 0 amide bonds. The summed E-state index contributed by atoms with van der Waals surface area (Å²) in [6.45, 7) is 0.186. The summed E-state index contributed by atoms with van der Waals surface area (Å²) in [6, 6.07) is 14.7. The fourth-order valence-electron chi connectivity index (χ4n) is 2.97. The average Bonchev–Trinajstić information content (AvgIpc) is 3.21. The number of hydrazone groups is 1. The molecular formula is C17H16N2O4S. The highest BCUT2D eigenvalue weighted by atomic mass is 32.2. The molecule has 0 aromatic heterocycles. The second kappa shape index (κ2) is 5.52. The minimum absolute atomic E-state index is 0.186. The van der Waals surface area contributed by atoms with Gasteiger partial charge in [-0.15, -0.1) is 0 Å². The summed E-state index contributed by atoms with van der Waals surface area (Å²) in [7, 11) is -3.48. The molecule has 0 N–H and O–H groups in total. The molecule has 2 heterocycles. The zero-order valence-corrected chi connectivity index (χ0v) is 13.9. The lowest BCUT2D eigenvalue weighted by atomic mass is 9.99. The quantitative estimate of drug-likeness (QED) is 0.858. The lowest BCUT2D eigenvalue weighted by Crippen LogP contribution is -2.25. The van der Waals surface area contributed by atoms with Crippen LogP contribution in [0.25, 0.3) is 0 Å². The second-order valence-electron chi connectivity index (χ2n) is 5.78. The van der Waals surface area contributed by atoms with Gasteiger partial charge in [0.15, 0.2) is 11.5 Å². The Bertz CT molecular complexity index is 909. The van der Waals surface area contributed by atoms with E-state index in [1.54, 1.807) is 6.07 Å². The molecule has 0 radical (unpaired) electrons. The molecule has 2 aliphatic rings. The van der Waals surface area contributed by atoms with Crippen molar-refractivity contribution in [1.82, 2.24) is 4.41 Å². The Labute approximate surface area is 140 Å². The third kappa shape index (κ3) is 2.60. The van der Waals surface area contributed by atoms with Gasteiger partial charge in [0.25, 0.3) is 0 Å². The number of nitrogens with zero attached hydrogens (tertiary/aromatic N) is 2. The Morgan fingerprint density at radius 1 is 1.08 bits per heavy atom. The summed E-state index contributed by atoms with van der Waals surface area (Å²) < 4.78 is 36.3. The number of rotatable bonds is 3. The first-order chi connectivity index (χ1) is 11.5. The number of hydrogen-bond acceptors (Lipinski definition) is 5. The molecule has 0 aliphatic carbocycles. The zero-order chi connectivity index (χ0) is 16.7. The molecule has 2 aromatic rings. The summed E-state index contributed by atoms with van der Waals surface area (Å²) in [4.78, 5) is 0. The SMILES string of the molecule is CS(=O)(=O)N1N=C(c2ccccc2)C[C@@H]1c1ccc2c(c1)OCO2. The van der Waals surface area contributed by atoms with Crippen molar-refractivity contribution in [2.24, 2.45) is 5.10 Å². The maximum absolute atomic E-state index is 12.2. The first kappa shape index (κ1) is 15.0. The standard InChI is InChI=1S/C17H16N2O4S/c1-24(20,21)19-15(10-14(18-19)12-5-3-2-4-6-12)13-7-8-16-17(9-13)23-11-22-16/h2-9,15H,10-11H2,1H3/t15-/m1/s1. The maximum Gasteiger partial charge on any atom is 0.247 e. The van der Waals surface area contributed by atoms with Gasteiger partial charge in [-0.3, -0.25) is 0 Å². The van der Waals surface area contributed by atoms with E-state index in [4.69, 9.17) is 9.47 Å². The summed E-state index contributed by atoms with van der Waals surface area (Å²) in [5.74, 6) is 1.31. The topological polar surface area (TPSA) is 68.2 Å². The van der Waals surface area contributed by atoms with Crippen LogP contribution in [-0.2, 0) is 10.0 Å². The average molecular weight is 344 g/mol. The van der Waals surface area contributed by atoms with Crippen LogP contribution in [0.15, 0.2) is 53.6 Å². The van der Waals surface area contributed by atoms with Crippen molar-refractivity contribution in [2.75, 3.05) is 13.0 Å². The van der Waals surface area contributed by atoms with Crippen molar-refractivity contribution >= 4 is 15.7 Å². The third-order valence-electron chi connectivity index (χ3n) is 4.10. The molecule has 0 saturated carbocycles. The van der Waals surface area contributed by atoms with Gasteiger partial charge in [0, 0.05) is 6.42 Å². The van der Waals surface area contributed by atoms with Gasteiger partial charge in [-0.25, -0.2) is 8.42 Å². The fourth-order valence-corrected chi connectivity index (χ4v) is 3.87. The smallest absolute Gasteiger partial charge is 0.247 e. The highest BCUT2D eigenvalue weighted by Crippen LogP contribution is 2.39. The summed E-state index contributed by atoms with van der Waals surface area (Å²) >= 11 is 0. The van der Waals surface area contributed by atoms with E-state index in [0.29, 0.717) is 17.9 Å². The fraction of sp³-hybridized carbons (Fsp3) is 0.235. The van der Waals surface area contributed by atoms with Crippen LogP contribution in [0.3, 0.4) is 0 Å². The zero-order valence-electron chi connectivity index (χ0n) is 13.0. The van der Waals surface area contributed by atoms with Crippen molar-refractivity contribution < 1.29 is 17.9 Å². The molecular weight excluding hydrogens is 328 g/mol. The molecule has 2 aromatic carbocycles. The molecule has 0 unspecified atom stereocenters. The third-order valence-corrected chi connectivity index (χ3v) is 5.12. The van der Waals surface area contributed by atoms with Crippen LogP contribution in [-0.4, -0.2) is 31.6 Å². The Morgan fingerprint density at radius 2 is 1.83 bits per heavy atom. The molecule has 24 heavy (non-hydrogen) atoms. The van der Waals surface area contributed by atoms with Gasteiger partial charge in [0.1, 0.15) is 0 Å². The molecule has 2 aliphatic heterocycles. The molecule has 0 fully saturated rings. The van der Waals surface area contributed by atoms with Crippen LogP contribution in [0.2, 0.25) is 0 Å². The van der Waals surface area contributed by atoms with Gasteiger partial charge in [0.05, 0.1) is 18.0 Å². The first-order valence-electron chi connectivity index (χ1n) is 7.54. The maximum atomic E-state index is 12.2. The van der Waals surface area contributed by atoms with E-state index < -0.39 is 10.0 Å². The minimum atomic E-state index is -3.48. The van der Waals surface area contributed by atoms with Crippen LogP contribution in [0, 0.1) is 0 Å². The van der Waals surface area contributed by atoms with E-state index >= 15 is 0 Å². The van der Waals surface area contributed by atoms with E-state index in [9.17, 15) is 8.42 Å². The van der Waals surface area contributed by atoms with Crippen LogP contribution in [0.1, 0.15) is 23.6 Å². The second-order valence-corrected chi connectivity index (χ2v) is 7.62. The van der Waals surface area contributed by atoms with Gasteiger partial charge in [-0.1, -0.05) is 36.4 Å². The highest BCUT2D eigenvalue weighted by molar-refractivity contribution is 7.88. The Kier molecular flexibility index (Phi) is 3.45. The lowest BCUT2D eigenvalue weighted by molar-refractivity contribution is 0.174. The van der Waals surface area contributed by atoms with E-state index in [0.717, 1.165) is 16.8 Å². The van der Waals surface area contributed by atoms with Crippen LogP contribution >= 0.6 is 0 Å². The van der Waals surface area contributed by atoms with Crippen molar-refractivity contribution in [2.45, 2.75) is 12.5 Å². The number of ether oxygens (including phenoxy) is 2. The Balaban J connectivity index is 1.73. The number of sulfonamides is 1. The van der Waals surface area contributed by atoms with Crippen LogP contribution < -0.4 is 9.47 Å². The largest absolute Gasteiger partial charge is 0.454 e. The molecule has 1 atom stereocenters. The predicted molar refractivity (Wildman–Crippen MR) is 89.6 cm³/mol. The number of benzene rings is 2. The monoisotopic (exact) mass is 344 g/mol. The molecule has 0 spiro atoms. The summed E-state index contributed by atoms with van der Waals surface area (Å²) in [5.41, 5.74) is 2.51. The summed E-state index contributed by atoms with van der Waals surface area (Å²) in [5, 5.41) is 4.37.